The standard InChI is InChI=1S/C18H17NO/c1-2-18(20)19-13-16-9-4-3-7-14(16)11-12-15-8-5-6-10-17(15)19/h3-12H,2,13H2,1H3/b12-11-. The summed E-state index contributed by atoms with van der Waals surface area (Å²) in [5.74, 6) is 0.155. The van der Waals surface area contributed by atoms with Crippen LogP contribution in [0.5, 0.6) is 0 Å². The topological polar surface area (TPSA) is 20.3 Å². The smallest absolute Gasteiger partial charge is 0.227 e. The third-order valence-corrected chi connectivity index (χ3v) is 3.66. The van der Waals surface area contributed by atoms with Gasteiger partial charge in [0.1, 0.15) is 0 Å². The molecule has 0 fully saturated rings. The number of carbonyl (C=O) groups is 1. The van der Waals surface area contributed by atoms with Gasteiger partial charge in [0.05, 0.1) is 12.2 Å². The number of rotatable bonds is 1. The van der Waals surface area contributed by atoms with Crippen molar-refractivity contribution in [3.63, 3.8) is 0 Å². The molecular formula is C18H17NO. The summed E-state index contributed by atoms with van der Waals surface area (Å²) in [5, 5.41) is 0. The minimum Gasteiger partial charge on any atom is -0.307 e. The van der Waals surface area contributed by atoms with E-state index in [0.717, 1.165) is 11.3 Å². The number of hydrogen-bond donors (Lipinski definition) is 0. The second-order valence-corrected chi connectivity index (χ2v) is 4.92. The van der Waals surface area contributed by atoms with Gasteiger partial charge in [-0.05, 0) is 22.8 Å². The fourth-order valence-corrected chi connectivity index (χ4v) is 2.56. The molecule has 0 radical (unpaired) electrons. The Hall–Kier alpha value is -2.35. The molecule has 1 aliphatic heterocycles. The molecule has 0 spiro atoms. The van der Waals surface area contributed by atoms with Crippen LogP contribution < -0.4 is 4.90 Å². The Labute approximate surface area is 119 Å². The third-order valence-electron chi connectivity index (χ3n) is 3.66. The zero-order chi connectivity index (χ0) is 13.9. The fraction of sp³-hybridized carbons (Fsp3) is 0.167. The summed E-state index contributed by atoms with van der Waals surface area (Å²) < 4.78 is 0. The molecule has 2 aromatic carbocycles. The van der Waals surface area contributed by atoms with Crippen LogP contribution in [0.4, 0.5) is 5.69 Å². The number of anilines is 1. The monoisotopic (exact) mass is 263 g/mol. The lowest BCUT2D eigenvalue weighted by molar-refractivity contribution is -0.118. The fourth-order valence-electron chi connectivity index (χ4n) is 2.56. The molecule has 20 heavy (non-hydrogen) atoms. The average Bonchev–Trinajstić information content (AvgIpc) is 2.49. The van der Waals surface area contributed by atoms with Crippen molar-refractivity contribution >= 4 is 23.7 Å². The summed E-state index contributed by atoms with van der Waals surface area (Å²) in [5.41, 5.74) is 4.44. The summed E-state index contributed by atoms with van der Waals surface area (Å²) in [6.07, 6.45) is 4.73. The molecule has 0 saturated carbocycles. The molecule has 0 bridgehead atoms. The van der Waals surface area contributed by atoms with E-state index in [1.807, 2.05) is 42.2 Å². The summed E-state index contributed by atoms with van der Waals surface area (Å²) >= 11 is 0. The zero-order valence-corrected chi connectivity index (χ0v) is 11.5. The first kappa shape index (κ1) is 12.7. The minimum absolute atomic E-state index is 0.155. The van der Waals surface area contributed by atoms with Gasteiger partial charge in [-0.3, -0.25) is 4.79 Å². The average molecular weight is 263 g/mol. The van der Waals surface area contributed by atoms with Crippen LogP contribution in [-0.4, -0.2) is 5.91 Å². The van der Waals surface area contributed by atoms with Crippen molar-refractivity contribution in [3.05, 3.63) is 65.2 Å². The van der Waals surface area contributed by atoms with E-state index in [4.69, 9.17) is 0 Å². The molecule has 2 nitrogen and oxygen atoms in total. The van der Waals surface area contributed by atoms with Gasteiger partial charge in [0.15, 0.2) is 0 Å². The van der Waals surface area contributed by atoms with E-state index in [1.165, 1.54) is 11.1 Å². The molecule has 0 aromatic heterocycles. The Kier molecular flexibility index (Phi) is 3.38. The lowest BCUT2D eigenvalue weighted by Gasteiger charge is -2.26. The predicted molar refractivity (Wildman–Crippen MR) is 83.3 cm³/mol. The van der Waals surface area contributed by atoms with E-state index >= 15 is 0 Å². The third kappa shape index (κ3) is 2.25. The van der Waals surface area contributed by atoms with E-state index in [1.54, 1.807) is 0 Å². The summed E-state index contributed by atoms with van der Waals surface area (Å²) in [4.78, 5) is 14.2. The van der Waals surface area contributed by atoms with E-state index in [9.17, 15) is 4.79 Å². The van der Waals surface area contributed by atoms with Crippen LogP contribution in [0.25, 0.3) is 12.2 Å². The normalized spacial score (nSPS) is 14.8. The van der Waals surface area contributed by atoms with Gasteiger partial charge in [-0.15, -0.1) is 0 Å². The maximum Gasteiger partial charge on any atom is 0.227 e. The Morgan fingerprint density at radius 3 is 2.45 bits per heavy atom. The van der Waals surface area contributed by atoms with Gasteiger partial charge < -0.3 is 4.90 Å². The Balaban J connectivity index is 2.17. The number of nitrogens with zero attached hydrogens (tertiary/aromatic N) is 1. The summed E-state index contributed by atoms with van der Waals surface area (Å²) in [6, 6.07) is 16.3. The van der Waals surface area contributed by atoms with Gasteiger partial charge >= 0.3 is 0 Å². The Morgan fingerprint density at radius 2 is 1.65 bits per heavy atom. The highest BCUT2D eigenvalue weighted by Gasteiger charge is 2.19. The number of fused-ring (bicyclic) bond motifs is 2. The molecule has 1 amide bonds. The van der Waals surface area contributed by atoms with Crippen molar-refractivity contribution in [2.24, 2.45) is 0 Å². The first-order valence-corrected chi connectivity index (χ1v) is 6.95. The van der Waals surface area contributed by atoms with E-state index in [0.29, 0.717) is 13.0 Å². The summed E-state index contributed by atoms with van der Waals surface area (Å²) in [6.45, 7) is 2.54. The van der Waals surface area contributed by atoms with Crippen LogP contribution >= 0.6 is 0 Å². The maximum absolute atomic E-state index is 12.3. The van der Waals surface area contributed by atoms with Crippen molar-refractivity contribution in [2.75, 3.05) is 4.90 Å². The molecule has 0 aliphatic carbocycles. The molecule has 2 heteroatoms. The number of amides is 1. The van der Waals surface area contributed by atoms with Crippen LogP contribution in [0, 0.1) is 0 Å². The molecule has 100 valence electrons. The summed E-state index contributed by atoms with van der Waals surface area (Å²) in [7, 11) is 0. The SMILES string of the molecule is CCC(=O)N1Cc2ccccc2/C=C\c2ccccc21. The van der Waals surface area contributed by atoms with Gasteiger partial charge in [0, 0.05) is 6.42 Å². The number of carbonyl (C=O) groups excluding carboxylic acids is 1. The van der Waals surface area contributed by atoms with Crippen molar-refractivity contribution in [1.29, 1.82) is 0 Å². The quantitative estimate of drug-likeness (QED) is 0.758. The number of hydrogen-bond acceptors (Lipinski definition) is 1. The lowest BCUT2D eigenvalue weighted by atomic mass is 10.0. The minimum atomic E-state index is 0.155. The molecule has 0 unspecified atom stereocenters. The van der Waals surface area contributed by atoms with Crippen LogP contribution in [-0.2, 0) is 11.3 Å². The molecule has 0 atom stereocenters. The number of para-hydroxylation sites is 1. The van der Waals surface area contributed by atoms with Crippen LogP contribution in [0.3, 0.4) is 0 Å². The van der Waals surface area contributed by atoms with E-state index < -0.39 is 0 Å². The van der Waals surface area contributed by atoms with Gasteiger partial charge in [-0.2, -0.15) is 0 Å². The Bertz CT molecular complexity index is 673. The first-order chi connectivity index (χ1) is 9.79. The molecular weight excluding hydrogens is 246 g/mol. The number of benzene rings is 2. The second-order valence-electron chi connectivity index (χ2n) is 4.92. The van der Waals surface area contributed by atoms with Gasteiger partial charge in [-0.1, -0.05) is 61.5 Å². The van der Waals surface area contributed by atoms with E-state index in [-0.39, 0.29) is 5.91 Å². The largest absolute Gasteiger partial charge is 0.307 e. The van der Waals surface area contributed by atoms with Crippen LogP contribution in [0.15, 0.2) is 48.5 Å². The van der Waals surface area contributed by atoms with Crippen LogP contribution in [0.2, 0.25) is 0 Å². The van der Waals surface area contributed by atoms with Crippen molar-refractivity contribution < 1.29 is 4.79 Å². The van der Waals surface area contributed by atoms with Crippen molar-refractivity contribution in [2.45, 2.75) is 19.9 Å². The van der Waals surface area contributed by atoms with Crippen molar-refractivity contribution in [1.82, 2.24) is 0 Å². The lowest BCUT2D eigenvalue weighted by Crippen LogP contribution is -2.30. The maximum atomic E-state index is 12.3. The van der Waals surface area contributed by atoms with Crippen LogP contribution in [0.1, 0.15) is 30.0 Å². The highest BCUT2D eigenvalue weighted by Crippen LogP contribution is 2.28. The molecule has 0 saturated heterocycles. The highest BCUT2D eigenvalue weighted by molar-refractivity contribution is 5.96. The molecule has 2 aromatic rings. The molecule has 1 heterocycles. The molecule has 1 aliphatic rings. The van der Waals surface area contributed by atoms with Gasteiger partial charge in [0.2, 0.25) is 5.91 Å². The van der Waals surface area contributed by atoms with Crippen molar-refractivity contribution in [3.8, 4) is 0 Å². The van der Waals surface area contributed by atoms with Gasteiger partial charge in [0.25, 0.3) is 0 Å². The Morgan fingerprint density at radius 1 is 1.00 bits per heavy atom. The predicted octanol–water partition coefficient (Wildman–Crippen LogP) is 4.11. The van der Waals surface area contributed by atoms with Gasteiger partial charge in [-0.25, -0.2) is 0 Å². The second kappa shape index (κ2) is 5.33. The molecule has 0 N–H and O–H groups in total. The zero-order valence-electron chi connectivity index (χ0n) is 11.5. The molecule has 3 rings (SSSR count). The first-order valence-electron chi connectivity index (χ1n) is 6.95. The van der Waals surface area contributed by atoms with E-state index in [2.05, 4.69) is 30.4 Å². The highest BCUT2D eigenvalue weighted by atomic mass is 16.2.